The fourth-order valence-electron chi connectivity index (χ4n) is 1.64. The largest absolute Gasteiger partial charge is 0.298 e. The maximum absolute atomic E-state index is 12.2. The molecule has 0 radical (unpaired) electrons. The topological polar surface area (TPSA) is 71.8 Å². The molecule has 0 saturated heterocycles. The van der Waals surface area contributed by atoms with Gasteiger partial charge in [0.15, 0.2) is 5.11 Å². The lowest BCUT2D eigenvalue weighted by Gasteiger charge is -2.13. The van der Waals surface area contributed by atoms with Crippen LogP contribution in [0.2, 0.25) is 10.0 Å². The van der Waals surface area contributed by atoms with E-state index in [-0.39, 0.29) is 5.11 Å². The summed E-state index contributed by atoms with van der Waals surface area (Å²) in [6.07, 6.45) is 0. The number of carbonyl (C=O) groups excluding carboxylic acids is 1. The van der Waals surface area contributed by atoms with E-state index in [1.165, 1.54) is 17.8 Å². The number of aryl methyl sites for hydroxylation is 1. The van der Waals surface area contributed by atoms with Gasteiger partial charge in [-0.1, -0.05) is 41.9 Å². The molecule has 23 heavy (non-hydrogen) atoms. The summed E-state index contributed by atoms with van der Waals surface area (Å²) in [6.45, 7) is 3.78. The van der Waals surface area contributed by atoms with Gasteiger partial charge >= 0.3 is 0 Å². The number of hydrogen-bond acceptors (Lipinski definition) is 5. The molecule has 2 N–H and O–H groups in total. The average molecular weight is 390 g/mol. The van der Waals surface area contributed by atoms with Crippen LogP contribution in [-0.4, -0.2) is 31.6 Å². The first-order valence-corrected chi connectivity index (χ1v) is 8.69. The van der Waals surface area contributed by atoms with Gasteiger partial charge in [0.1, 0.15) is 5.82 Å². The van der Waals surface area contributed by atoms with E-state index in [2.05, 4.69) is 20.9 Å². The van der Waals surface area contributed by atoms with Gasteiger partial charge in [-0.15, -0.1) is 10.2 Å². The zero-order valence-corrected chi connectivity index (χ0v) is 15.4. The zero-order chi connectivity index (χ0) is 17.0. The maximum atomic E-state index is 12.2. The van der Waals surface area contributed by atoms with E-state index in [1.807, 2.05) is 6.92 Å². The van der Waals surface area contributed by atoms with E-state index in [0.717, 1.165) is 5.75 Å². The normalized spacial score (nSPS) is 10.4. The Morgan fingerprint density at radius 3 is 2.74 bits per heavy atom. The monoisotopic (exact) mass is 389 g/mol. The Labute approximate surface area is 152 Å². The summed E-state index contributed by atoms with van der Waals surface area (Å²) in [4.78, 5) is 12.2. The molecule has 10 heteroatoms. The first-order valence-electron chi connectivity index (χ1n) is 6.54. The molecule has 0 atom stereocenters. The molecule has 0 saturated carbocycles. The third-order valence-corrected chi connectivity index (χ3v) is 4.43. The predicted octanol–water partition coefficient (Wildman–Crippen LogP) is 3.26. The minimum Gasteiger partial charge on any atom is -0.298 e. The summed E-state index contributed by atoms with van der Waals surface area (Å²) in [5, 5.41) is 12.0. The molecule has 1 aromatic heterocycles. The van der Waals surface area contributed by atoms with Gasteiger partial charge in [0, 0.05) is 5.56 Å². The fourth-order valence-corrected chi connectivity index (χ4v) is 2.78. The van der Waals surface area contributed by atoms with E-state index < -0.39 is 5.91 Å². The molecule has 1 heterocycles. The molecule has 0 aliphatic rings. The van der Waals surface area contributed by atoms with Crippen LogP contribution in [0.5, 0.6) is 0 Å². The molecular weight excluding hydrogens is 377 g/mol. The SMILES string of the molecule is CCSc1nnc(C)n1NC(=S)NC(=O)c1ccc(Cl)c(Cl)c1. The van der Waals surface area contributed by atoms with Crippen molar-refractivity contribution < 1.29 is 4.79 Å². The molecule has 0 aliphatic carbocycles. The highest BCUT2D eigenvalue weighted by molar-refractivity contribution is 7.99. The molecule has 0 spiro atoms. The molecule has 122 valence electrons. The van der Waals surface area contributed by atoms with E-state index >= 15 is 0 Å². The highest BCUT2D eigenvalue weighted by Gasteiger charge is 2.13. The van der Waals surface area contributed by atoms with Crippen LogP contribution in [-0.2, 0) is 0 Å². The fraction of sp³-hybridized carbons (Fsp3) is 0.231. The number of benzene rings is 1. The average Bonchev–Trinajstić information content (AvgIpc) is 2.83. The van der Waals surface area contributed by atoms with Gasteiger partial charge in [-0.2, -0.15) is 0 Å². The van der Waals surface area contributed by atoms with Crippen LogP contribution in [0.1, 0.15) is 23.1 Å². The highest BCUT2D eigenvalue weighted by atomic mass is 35.5. The van der Waals surface area contributed by atoms with Gasteiger partial charge in [-0.25, -0.2) is 4.68 Å². The second-order valence-electron chi connectivity index (χ2n) is 4.32. The van der Waals surface area contributed by atoms with Gasteiger partial charge in [0.25, 0.3) is 5.91 Å². The van der Waals surface area contributed by atoms with Crippen molar-refractivity contribution in [2.45, 2.75) is 19.0 Å². The Kier molecular flexibility index (Phi) is 6.23. The van der Waals surface area contributed by atoms with Crippen molar-refractivity contribution in [3.63, 3.8) is 0 Å². The molecular formula is C13H13Cl2N5OS2. The van der Waals surface area contributed by atoms with Crippen molar-refractivity contribution in [1.29, 1.82) is 0 Å². The molecule has 6 nitrogen and oxygen atoms in total. The van der Waals surface area contributed by atoms with Crippen LogP contribution < -0.4 is 10.7 Å². The summed E-state index contributed by atoms with van der Waals surface area (Å²) < 4.78 is 1.62. The first kappa shape index (κ1) is 18.0. The second-order valence-corrected chi connectivity index (χ2v) is 6.78. The van der Waals surface area contributed by atoms with Crippen LogP contribution in [0.4, 0.5) is 0 Å². The smallest absolute Gasteiger partial charge is 0.257 e. The summed E-state index contributed by atoms with van der Waals surface area (Å²) in [6, 6.07) is 4.59. The summed E-state index contributed by atoms with van der Waals surface area (Å²) in [7, 11) is 0. The van der Waals surface area contributed by atoms with Crippen molar-refractivity contribution in [3.8, 4) is 0 Å². The quantitative estimate of drug-likeness (QED) is 0.617. The molecule has 0 bridgehead atoms. The van der Waals surface area contributed by atoms with Crippen LogP contribution in [0.25, 0.3) is 0 Å². The van der Waals surface area contributed by atoms with E-state index in [1.54, 1.807) is 23.7 Å². The van der Waals surface area contributed by atoms with Gasteiger partial charge < -0.3 is 0 Å². The van der Waals surface area contributed by atoms with E-state index in [0.29, 0.717) is 26.6 Å². The lowest BCUT2D eigenvalue weighted by Crippen LogP contribution is -2.38. The first-order chi connectivity index (χ1) is 10.9. The van der Waals surface area contributed by atoms with Crippen molar-refractivity contribution >= 4 is 58.2 Å². The van der Waals surface area contributed by atoms with Crippen LogP contribution >= 0.6 is 47.2 Å². The van der Waals surface area contributed by atoms with Gasteiger partial charge in [-0.3, -0.25) is 15.5 Å². The van der Waals surface area contributed by atoms with Crippen LogP contribution in [0.3, 0.4) is 0 Å². The Balaban J connectivity index is 2.06. The van der Waals surface area contributed by atoms with E-state index in [9.17, 15) is 4.79 Å². The maximum Gasteiger partial charge on any atom is 0.257 e. The van der Waals surface area contributed by atoms with E-state index in [4.69, 9.17) is 35.4 Å². The molecule has 2 rings (SSSR count). The van der Waals surface area contributed by atoms with Crippen molar-refractivity contribution in [2.24, 2.45) is 0 Å². The van der Waals surface area contributed by atoms with Crippen molar-refractivity contribution in [1.82, 2.24) is 20.2 Å². The summed E-state index contributed by atoms with van der Waals surface area (Å²) in [5.41, 5.74) is 3.24. The van der Waals surface area contributed by atoms with Gasteiger partial charge in [-0.05, 0) is 43.1 Å². The van der Waals surface area contributed by atoms with Crippen molar-refractivity contribution in [2.75, 3.05) is 11.2 Å². The number of hydrogen-bond donors (Lipinski definition) is 2. The number of nitrogens with zero attached hydrogens (tertiary/aromatic N) is 3. The van der Waals surface area contributed by atoms with Crippen molar-refractivity contribution in [3.05, 3.63) is 39.6 Å². The minimum absolute atomic E-state index is 0.127. The zero-order valence-electron chi connectivity index (χ0n) is 12.3. The Morgan fingerprint density at radius 1 is 1.35 bits per heavy atom. The van der Waals surface area contributed by atoms with Crippen LogP contribution in [0, 0.1) is 6.92 Å². The number of nitrogens with one attached hydrogen (secondary N) is 2. The number of carbonyl (C=O) groups is 1. The predicted molar refractivity (Wildman–Crippen MR) is 97.0 cm³/mol. The minimum atomic E-state index is -0.392. The third-order valence-electron chi connectivity index (χ3n) is 2.69. The van der Waals surface area contributed by atoms with Crippen LogP contribution in [0.15, 0.2) is 23.4 Å². The molecule has 0 fully saturated rings. The number of aromatic nitrogens is 3. The van der Waals surface area contributed by atoms with Gasteiger partial charge in [0.05, 0.1) is 10.0 Å². The number of rotatable bonds is 4. The molecule has 1 aromatic carbocycles. The number of halogens is 2. The Morgan fingerprint density at radius 2 is 2.09 bits per heavy atom. The summed E-state index contributed by atoms with van der Waals surface area (Å²) >= 11 is 18.4. The standard InChI is InChI=1S/C13H13Cl2N5OS2/c1-3-23-13-18-17-7(2)20(13)19-12(22)16-11(21)8-4-5-9(14)10(15)6-8/h4-6H,3H2,1-2H3,(H2,16,19,21,22). The Hall–Kier alpha value is -1.35. The van der Waals surface area contributed by atoms with Gasteiger partial charge in [0.2, 0.25) is 5.16 Å². The number of thioether (sulfide) groups is 1. The molecule has 2 aromatic rings. The molecule has 0 unspecified atom stereocenters. The second kappa shape index (κ2) is 7.96. The highest BCUT2D eigenvalue weighted by Crippen LogP contribution is 2.22. The lowest BCUT2D eigenvalue weighted by atomic mass is 10.2. The lowest BCUT2D eigenvalue weighted by molar-refractivity contribution is 0.0977. The number of thiocarbonyl (C=S) groups is 1. The number of amides is 1. The summed E-state index contributed by atoms with van der Waals surface area (Å²) in [5.74, 6) is 1.07. The molecule has 1 amide bonds. The third kappa shape index (κ3) is 4.57. The molecule has 0 aliphatic heterocycles. The Bertz CT molecular complexity index is 750.